The van der Waals surface area contributed by atoms with Gasteiger partial charge in [0.1, 0.15) is 0 Å². The molecule has 0 fully saturated rings. The van der Waals surface area contributed by atoms with Gasteiger partial charge in [0, 0.05) is 22.8 Å². The van der Waals surface area contributed by atoms with Crippen LogP contribution in [-0.2, 0) is 0 Å². The molecule has 0 heterocycles. The Hall–Kier alpha value is -1.67. The molecule has 0 saturated heterocycles. The lowest BCUT2D eigenvalue weighted by Gasteiger charge is -2.00. The first-order chi connectivity index (χ1) is 7.54. The molecule has 0 aliphatic carbocycles. The highest BCUT2D eigenvalue weighted by molar-refractivity contribution is 7.99. The van der Waals surface area contributed by atoms with Gasteiger partial charge in [0.05, 0.1) is 22.5 Å². The molecule has 16 heavy (non-hydrogen) atoms. The summed E-state index contributed by atoms with van der Waals surface area (Å²) in [5, 5.41) is 29.6. The van der Waals surface area contributed by atoms with Crippen molar-refractivity contribution >= 4 is 23.1 Å². The summed E-state index contributed by atoms with van der Waals surface area (Å²) in [6.45, 7) is -0.0961. The number of nitro groups is 2. The molecule has 1 N–H and O–H groups in total. The first-order valence-corrected chi connectivity index (χ1v) is 5.20. The fraction of sp³-hybridized carbons (Fsp3) is 0.250. The minimum Gasteiger partial charge on any atom is -0.396 e. The lowest BCUT2D eigenvalue weighted by Crippen LogP contribution is -1.94. The number of non-ortho nitro benzene ring substituents is 2. The highest BCUT2D eigenvalue weighted by Crippen LogP contribution is 2.28. The van der Waals surface area contributed by atoms with Gasteiger partial charge in [-0.3, -0.25) is 20.2 Å². The van der Waals surface area contributed by atoms with Crippen molar-refractivity contribution in [2.24, 2.45) is 0 Å². The third kappa shape index (κ3) is 3.17. The molecule has 1 aromatic carbocycles. The van der Waals surface area contributed by atoms with Crippen molar-refractivity contribution in [2.45, 2.75) is 4.90 Å². The van der Waals surface area contributed by atoms with Crippen molar-refractivity contribution in [1.29, 1.82) is 0 Å². The van der Waals surface area contributed by atoms with E-state index in [2.05, 4.69) is 0 Å². The zero-order valence-corrected chi connectivity index (χ0v) is 8.85. The maximum atomic E-state index is 10.5. The molecular weight excluding hydrogens is 236 g/mol. The molecule has 0 amide bonds. The van der Waals surface area contributed by atoms with Gasteiger partial charge >= 0.3 is 0 Å². The van der Waals surface area contributed by atoms with Crippen LogP contribution >= 0.6 is 11.8 Å². The first-order valence-electron chi connectivity index (χ1n) is 4.22. The fourth-order valence-corrected chi connectivity index (χ4v) is 1.76. The molecular formula is C8H8N2O5S. The summed E-state index contributed by atoms with van der Waals surface area (Å²) < 4.78 is 0. The van der Waals surface area contributed by atoms with E-state index in [9.17, 15) is 20.2 Å². The zero-order valence-electron chi connectivity index (χ0n) is 8.03. The number of nitro benzene ring substituents is 2. The number of benzene rings is 1. The first kappa shape index (κ1) is 12.4. The van der Waals surface area contributed by atoms with Gasteiger partial charge in [-0.15, -0.1) is 11.8 Å². The highest BCUT2D eigenvalue weighted by atomic mass is 32.2. The molecule has 0 aliphatic heterocycles. The second-order valence-corrected chi connectivity index (χ2v) is 3.94. The van der Waals surface area contributed by atoms with Gasteiger partial charge in [0.25, 0.3) is 11.4 Å². The number of hydrogen-bond acceptors (Lipinski definition) is 6. The molecule has 0 bridgehead atoms. The van der Waals surface area contributed by atoms with Crippen LogP contribution in [0.1, 0.15) is 0 Å². The van der Waals surface area contributed by atoms with E-state index in [0.29, 0.717) is 10.6 Å². The van der Waals surface area contributed by atoms with Crippen LogP contribution in [0.5, 0.6) is 0 Å². The normalized spacial score (nSPS) is 10.1. The highest BCUT2D eigenvalue weighted by Gasteiger charge is 2.16. The van der Waals surface area contributed by atoms with Gasteiger partial charge in [-0.1, -0.05) is 0 Å². The van der Waals surface area contributed by atoms with Crippen molar-refractivity contribution in [1.82, 2.24) is 0 Å². The van der Waals surface area contributed by atoms with Crippen LogP contribution in [0.25, 0.3) is 0 Å². The Kier molecular flexibility index (Phi) is 4.20. The van der Waals surface area contributed by atoms with Crippen LogP contribution in [0, 0.1) is 20.2 Å². The summed E-state index contributed by atoms with van der Waals surface area (Å²) in [5.41, 5.74) is -0.649. The van der Waals surface area contributed by atoms with Crippen LogP contribution in [0.3, 0.4) is 0 Å². The summed E-state index contributed by atoms with van der Waals surface area (Å²) in [6, 6.07) is 3.39. The third-order valence-corrected chi connectivity index (χ3v) is 2.61. The smallest absolute Gasteiger partial charge is 0.277 e. The summed E-state index contributed by atoms with van der Waals surface area (Å²) in [5.74, 6) is 0.332. The Morgan fingerprint density at radius 1 is 1.12 bits per heavy atom. The van der Waals surface area contributed by atoms with Gasteiger partial charge < -0.3 is 5.11 Å². The number of aliphatic hydroxyl groups excluding tert-OH is 1. The second kappa shape index (κ2) is 5.42. The largest absolute Gasteiger partial charge is 0.396 e. The van der Waals surface area contributed by atoms with Crippen LogP contribution in [0.2, 0.25) is 0 Å². The number of hydrogen-bond donors (Lipinski definition) is 1. The quantitative estimate of drug-likeness (QED) is 0.478. The Balaban J connectivity index is 3.08. The van der Waals surface area contributed by atoms with E-state index in [1.807, 2.05) is 0 Å². The molecule has 7 nitrogen and oxygen atoms in total. The SMILES string of the molecule is O=[N+]([O-])c1cc(SCCO)cc([N+](=O)[O-])c1. The molecule has 0 saturated carbocycles. The summed E-state index contributed by atoms with van der Waals surface area (Å²) in [6.07, 6.45) is 0. The van der Waals surface area contributed by atoms with Crippen molar-refractivity contribution in [2.75, 3.05) is 12.4 Å². The van der Waals surface area contributed by atoms with E-state index in [1.165, 1.54) is 12.1 Å². The Labute approximate surface area is 94.4 Å². The lowest BCUT2D eigenvalue weighted by atomic mass is 10.3. The lowest BCUT2D eigenvalue weighted by molar-refractivity contribution is -0.394. The number of nitrogens with zero attached hydrogens (tertiary/aromatic N) is 2. The number of aliphatic hydroxyl groups is 1. The van der Waals surface area contributed by atoms with Gasteiger partial charge in [-0.2, -0.15) is 0 Å². The van der Waals surface area contributed by atoms with Gasteiger partial charge in [0.15, 0.2) is 0 Å². The Morgan fingerprint density at radius 2 is 1.62 bits per heavy atom. The standard InChI is InChI=1S/C8H8N2O5S/c11-1-2-16-8-4-6(9(12)13)3-7(5-8)10(14)15/h3-5,11H,1-2H2. The third-order valence-electron chi connectivity index (χ3n) is 1.66. The van der Waals surface area contributed by atoms with Crippen LogP contribution in [-0.4, -0.2) is 27.3 Å². The summed E-state index contributed by atoms with van der Waals surface area (Å²) in [7, 11) is 0. The monoisotopic (exact) mass is 244 g/mol. The van der Waals surface area contributed by atoms with E-state index in [1.54, 1.807) is 0 Å². The molecule has 0 aliphatic rings. The van der Waals surface area contributed by atoms with Crippen LogP contribution in [0.15, 0.2) is 23.1 Å². The van der Waals surface area contributed by atoms with E-state index in [0.717, 1.165) is 17.8 Å². The molecule has 1 aromatic rings. The topological polar surface area (TPSA) is 107 Å². The maximum Gasteiger partial charge on any atom is 0.277 e. The second-order valence-electron chi connectivity index (χ2n) is 2.77. The molecule has 86 valence electrons. The van der Waals surface area contributed by atoms with Crippen LogP contribution < -0.4 is 0 Å². The Bertz CT molecular complexity index is 391. The minimum absolute atomic E-state index is 0.0961. The molecule has 0 aromatic heterocycles. The van der Waals surface area contributed by atoms with Gasteiger partial charge in [-0.25, -0.2) is 0 Å². The average Bonchev–Trinajstić information content (AvgIpc) is 2.25. The zero-order chi connectivity index (χ0) is 12.1. The molecule has 0 unspecified atom stereocenters. The fourth-order valence-electron chi connectivity index (χ4n) is 1.03. The van der Waals surface area contributed by atoms with Gasteiger partial charge in [0.2, 0.25) is 0 Å². The van der Waals surface area contributed by atoms with Crippen molar-refractivity contribution in [3.63, 3.8) is 0 Å². The summed E-state index contributed by atoms with van der Waals surface area (Å²) >= 11 is 1.12. The number of rotatable bonds is 5. The van der Waals surface area contributed by atoms with Gasteiger partial charge in [-0.05, 0) is 0 Å². The van der Waals surface area contributed by atoms with E-state index < -0.39 is 9.85 Å². The maximum absolute atomic E-state index is 10.5. The average molecular weight is 244 g/mol. The predicted molar refractivity (Wildman–Crippen MR) is 57.6 cm³/mol. The molecule has 0 spiro atoms. The molecule has 0 atom stereocenters. The van der Waals surface area contributed by atoms with Crippen molar-refractivity contribution in [3.05, 3.63) is 38.4 Å². The minimum atomic E-state index is -0.685. The molecule has 1 rings (SSSR count). The molecule has 8 heteroatoms. The van der Waals surface area contributed by atoms with E-state index in [-0.39, 0.29) is 18.0 Å². The number of thioether (sulfide) groups is 1. The summed E-state index contributed by atoms with van der Waals surface area (Å²) in [4.78, 5) is 20.1. The van der Waals surface area contributed by atoms with E-state index in [4.69, 9.17) is 5.11 Å². The van der Waals surface area contributed by atoms with Crippen molar-refractivity contribution in [3.8, 4) is 0 Å². The predicted octanol–water partition coefficient (Wildman–Crippen LogP) is 1.59. The van der Waals surface area contributed by atoms with Crippen molar-refractivity contribution < 1.29 is 15.0 Å². The van der Waals surface area contributed by atoms with E-state index >= 15 is 0 Å². The van der Waals surface area contributed by atoms with Crippen LogP contribution in [0.4, 0.5) is 11.4 Å². The molecule has 0 radical (unpaired) electrons. The Morgan fingerprint density at radius 3 is 2.00 bits per heavy atom.